The van der Waals surface area contributed by atoms with Crippen LogP contribution in [0.1, 0.15) is 77.6 Å². The number of hydrogen-bond acceptors (Lipinski definition) is 2. The second-order valence-electron chi connectivity index (χ2n) is 7.32. The molecular weight excluding hydrogens is 322 g/mol. The molecule has 0 N–H and O–H groups in total. The molecule has 1 aromatic rings. The number of unbranched alkanes of at least 4 members (excludes halogenated alkanes) is 3. The summed E-state index contributed by atoms with van der Waals surface area (Å²) in [7, 11) is 0. The maximum absolute atomic E-state index is 13.1. The molecule has 0 radical (unpaired) electrons. The van der Waals surface area contributed by atoms with Gasteiger partial charge in [0.05, 0.1) is 0 Å². The minimum Gasteiger partial charge on any atom is -0.426 e. The minimum atomic E-state index is -0.998. The van der Waals surface area contributed by atoms with Gasteiger partial charge in [0.1, 0.15) is 5.75 Å². The molecule has 0 heterocycles. The van der Waals surface area contributed by atoms with E-state index in [-0.39, 0.29) is 11.7 Å². The standard InChI is InChI=1S/C21H30F2O2/c1-2-3-4-5-6-16-7-9-17(10-8-16)11-14-21(24)25-18-12-13-19(22)20(23)15-18/h12-13,15-17H,2-11,14H2,1H3/t16-,17-. The molecule has 1 fully saturated rings. The highest BCUT2D eigenvalue weighted by atomic mass is 19.2. The zero-order chi connectivity index (χ0) is 18.1. The largest absolute Gasteiger partial charge is 0.426 e. The molecule has 0 spiro atoms. The zero-order valence-corrected chi connectivity index (χ0v) is 15.2. The number of rotatable bonds is 9. The maximum atomic E-state index is 13.1. The van der Waals surface area contributed by atoms with E-state index >= 15 is 0 Å². The van der Waals surface area contributed by atoms with Crippen LogP contribution >= 0.6 is 0 Å². The number of carbonyl (C=O) groups excluding carboxylic acids is 1. The van der Waals surface area contributed by atoms with Gasteiger partial charge in [-0.25, -0.2) is 8.78 Å². The Hall–Kier alpha value is -1.45. The zero-order valence-electron chi connectivity index (χ0n) is 15.2. The lowest BCUT2D eigenvalue weighted by atomic mass is 9.78. The average molecular weight is 352 g/mol. The fraction of sp³-hybridized carbons (Fsp3) is 0.667. The third kappa shape index (κ3) is 7.13. The first-order chi connectivity index (χ1) is 12.1. The van der Waals surface area contributed by atoms with Crippen molar-refractivity contribution in [2.75, 3.05) is 0 Å². The van der Waals surface area contributed by atoms with Crippen LogP contribution in [-0.2, 0) is 4.79 Å². The molecule has 25 heavy (non-hydrogen) atoms. The molecule has 2 rings (SSSR count). The van der Waals surface area contributed by atoms with E-state index in [1.165, 1.54) is 63.9 Å². The number of benzene rings is 1. The Morgan fingerprint density at radius 1 is 1.00 bits per heavy atom. The molecule has 1 aliphatic rings. The van der Waals surface area contributed by atoms with E-state index in [2.05, 4.69) is 6.92 Å². The first-order valence-corrected chi connectivity index (χ1v) is 9.74. The van der Waals surface area contributed by atoms with Crippen molar-refractivity contribution in [1.82, 2.24) is 0 Å². The SMILES string of the molecule is CCCCCC[C@H]1CC[C@H](CCC(=O)Oc2ccc(F)c(F)c2)CC1. The molecule has 0 bridgehead atoms. The van der Waals surface area contributed by atoms with E-state index in [1.807, 2.05) is 0 Å². The van der Waals surface area contributed by atoms with Crippen molar-refractivity contribution in [1.29, 1.82) is 0 Å². The van der Waals surface area contributed by atoms with Crippen LogP contribution in [0.15, 0.2) is 18.2 Å². The lowest BCUT2D eigenvalue weighted by Crippen LogP contribution is -2.17. The highest BCUT2D eigenvalue weighted by Crippen LogP contribution is 2.34. The van der Waals surface area contributed by atoms with Crippen LogP contribution in [0.4, 0.5) is 8.78 Å². The van der Waals surface area contributed by atoms with Crippen molar-refractivity contribution in [3.63, 3.8) is 0 Å². The van der Waals surface area contributed by atoms with Gasteiger partial charge in [-0.2, -0.15) is 0 Å². The monoisotopic (exact) mass is 352 g/mol. The predicted octanol–water partition coefficient (Wildman–Crippen LogP) is 6.43. The third-order valence-electron chi connectivity index (χ3n) is 5.31. The Morgan fingerprint density at radius 3 is 2.32 bits per heavy atom. The lowest BCUT2D eigenvalue weighted by Gasteiger charge is -2.28. The van der Waals surface area contributed by atoms with Gasteiger partial charge in [-0.3, -0.25) is 4.79 Å². The van der Waals surface area contributed by atoms with Crippen LogP contribution in [-0.4, -0.2) is 5.97 Å². The molecule has 0 aromatic heterocycles. The number of carbonyl (C=O) groups is 1. The summed E-state index contributed by atoms with van der Waals surface area (Å²) in [5.41, 5.74) is 0. The van der Waals surface area contributed by atoms with Crippen LogP contribution < -0.4 is 4.74 Å². The number of esters is 1. The first kappa shape index (κ1) is 19.9. The van der Waals surface area contributed by atoms with E-state index in [9.17, 15) is 13.6 Å². The summed E-state index contributed by atoms with van der Waals surface area (Å²) in [6, 6.07) is 3.16. The molecule has 0 saturated heterocycles. The summed E-state index contributed by atoms with van der Waals surface area (Å²) in [6.07, 6.45) is 12.8. The van der Waals surface area contributed by atoms with E-state index < -0.39 is 11.6 Å². The van der Waals surface area contributed by atoms with Gasteiger partial charge in [0, 0.05) is 12.5 Å². The molecule has 140 valence electrons. The van der Waals surface area contributed by atoms with Gasteiger partial charge >= 0.3 is 5.97 Å². The van der Waals surface area contributed by atoms with Crippen molar-refractivity contribution in [3.8, 4) is 5.75 Å². The summed E-state index contributed by atoms with van der Waals surface area (Å²) < 4.78 is 31.1. The molecule has 0 unspecified atom stereocenters. The first-order valence-electron chi connectivity index (χ1n) is 9.74. The maximum Gasteiger partial charge on any atom is 0.311 e. The molecule has 0 amide bonds. The molecule has 1 aromatic carbocycles. The summed E-state index contributed by atoms with van der Waals surface area (Å²) in [5, 5.41) is 0. The van der Waals surface area contributed by atoms with E-state index in [4.69, 9.17) is 4.74 Å². The number of ether oxygens (including phenoxy) is 1. The number of hydrogen-bond donors (Lipinski definition) is 0. The van der Waals surface area contributed by atoms with Gasteiger partial charge in [0.15, 0.2) is 11.6 Å². The highest BCUT2D eigenvalue weighted by molar-refractivity contribution is 5.72. The van der Waals surface area contributed by atoms with Crippen LogP contribution in [0.25, 0.3) is 0 Å². The Bertz CT molecular complexity index is 537. The molecule has 0 atom stereocenters. The van der Waals surface area contributed by atoms with E-state index in [0.29, 0.717) is 12.3 Å². The quantitative estimate of drug-likeness (QED) is 0.291. The molecule has 2 nitrogen and oxygen atoms in total. The number of halogens is 2. The molecule has 4 heteroatoms. The van der Waals surface area contributed by atoms with Crippen LogP contribution in [0.5, 0.6) is 5.75 Å². The summed E-state index contributed by atoms with van der Waals surface area (Å²) >= 11 is 0. The highest BCUT2D eigenvalue weighted by Gasteiger charge is 2.21. The minimum absolute atomic E-state index is 0.0692. The second-order valence-corrected chi connectivity index (χ2v) is 7.32. The molecule has 1 aliphatic carbocycles. The van der Waals surface area contributed by atoms with E-state index in [1.54, 1.807) is 0 Å². The molecular formula is C21H30F2O2. The van der Waals surface area contributed by atoms with Gasteiger partial charge in [0.25, 0.3) is 0 Å². The van der Waals surface area contributed by atoms with Gasteiger partial charge < -0.3 is 4.74 Å². The smallest absolute Gasteiger partial charge is 0.311 e. The van der Waals surface area contributed by atoms with Gasteiger partial charge in [0.2, 0.25) is 0 Å². The van der Waals surface area contributed by atoms with Crippen LogP contribution in [0, 0.1) is 23.5 Å². The van der Waals surface area contributed by atoms with Crippen molar-refractivity contribution < 1.29 is 18.3 Å². The Morgan fingerprint density at radius 2 is 1.68 bits per heavy atom. The summed E-state index contributed by atoms with van der Waals surface area (Å²) in [6.45, 7) is 2.24. The summed E-state index contributed by atoms with van der Waals surface area (Å²) in [4.78, 5) is 11.9. The molecule has 1 saturated carbocycles. The predicted molar refractivity (Wildman–Crippen MR) is 95.4 cm³/mol. The summed E-state index contributed by atoms with van der Waals surface area (Å²) in [5.74, 6) is -0.784. The van der Waals surface area contributed by atoms with Gasteiger partial charge in [-0.05, 0) is 30.4 Å². The fourth-order valence-electron chi connectivity index (χ4n) is 3.71. The van der Waals surface area contributed by atoms with Gasteiger partial charge in [-0.1, -0.05) is 64.7 Å². The van der Waals surface area contributed by atoms with Crippen molar-refractivity contribution >= 4 is 5.97 Å². The lowest BCUT2D eigenvalue weighted by molar-refractivity contribution is -0.134. The fourth-order valence-corrected chi connectivity index (χ4v) is 3.71. The van der Waals surface area contributed by atoms with Gasteiger partial charge in [-0.15, -0.1) is 0 Å². The van der Waals surface area contributed by atoms with Crippen LogP contribution in [0.3, 0.4) is 0 Å². The Balaban J connectivity index is 1.62. The van der Waals surface area contributed by atoms with Crippen LogP contribution in [0.2, 0.25) is 0 Å². The van der Waals surface area contributed by atoms with E-state index in [0.717, 1.165) is 24.5 Å². The van der Waals surface area contributed by atoms with Crippen molar-refractivity contribution in [2.45, 2.75) is 77.6 Å². The van der Waals surface area contributed by atoms with Crippen molar-refractivity contribution in [2.24, 2.45) is 11.8 Å². The van der Waals surface area contributed by atoms with Crippen molar-refractivity contribution in [3.05, 3.63) is 29.8 Å². The third-order valence-corrected chi connectivity index (χ3v) is 5.31. The average Bonchev–Trinajstić information content (AvgIpc) is 2.61. The normalized spacial score (nSPS) is 20.4. The second kappa shape index (κ2) is 10.5. The Kier molecular flexibility index (Phi) is 8.36. The topological polar surface area (TPSA) is 26.3 Å². The Labute approximate surface area is 150 Å². The molecule has 0 aliphatic heterocycles.